The van der Waals surface area contributed by atoms with E-state index in [1.54, 1.807) is 24.3 Å². The first kappa shape index (κ1) is 16.5. The van der Waals surface area contributed by atoms with Crippen LogP contribution in [0.3, 0.4) is 0 Å². The highest BCUT2D eigenvalue weighted by atomic mass is 16.4. The number of carbonyl (C=O) groups is 2. The fourth-order valence-electron chi connectivity index (χ4n) is 2.05. The van der Waals surface area contributed by atoms with Crippen LogP contribution < -0.4 is 11.1 Å². The van der Waals surface area contributed by atoms with Crippen LogP contribution in [0.15, 0.2) is 36.4 Å². The Bertz CT molecular complexity index is 663. The molecular formula is C15H16N4O4. The van der Waals surface area contributed by atoms with E-state index in [1.807, 2.05) is 0 Å². The highest BCUT2D eigenvalue weighted by Gasteiger charge is 2.19. The summed E-state index contributed by atoms with van der Waals surface area (Å²) in [5, 5.41) is 21.2. The van der Waals surface area contributed by atoms with Crippen molar-refractivity contribution in [3.05, 3.63) is 59.2 Å². The van der Waals surface area contributed by atoms with E-state index >= 15 is 0 Å². The molecular weight excluding hydrogens is 300 g/mol. The highest BCUT2D eigenvalue weighted by Crippen LogP contribution is 2.19. The molecule has 120 valence electrons. The number of rotatable bonds is 7. The van der Waals surface area contributed by atoms with Gasteiger partial charge >= 0.3 is 11.9 Å². The third kappa shape index (κ3) is 4.09. The molecule has 0 fully saturated rings. The van der Waals surface area contributed by atoms with Gasteiger partial charge in [0.15, 0.2) is 0 Å². The second-order valence-corrected chi connectivity index (χ2v) is 4.68. The average Bonchev–Trinajstić information content (AvgIpc) is 2.55. The van der Waals surface area contributed by atoms with Crippen molar-refractivity contribution in [2.75, 3.05) is 13.1 Å². The molecule has 8 nitrogen and oxygen atoms in total. The van der Waals surface area contributed by atoms with Gasteiger partial charge in [-0.1, -0.05) is 12.1 Å². The molecule has 0 spiro atoms. The largest absolute Gasteiger partial charge is 0.477 e. The molecule has 0 aromatic carbocycles. The number of aromatic nitrogens is 2. The van der Waals surface area contributed by atoms with Crippen molar-refractivity contribution in [1.29, 1.82) is 0 Å². The first-order valence-electron chi connectivity index (χ1n) is 6.87. The molecule has 23 heavy (non-hydrogen) atoms. The summed E-state index contributed by atoms with van der Waals surface area (Å²) < 4.78 is 0. The third-order valence-electron chi connectivity index (χ3n) is 3.06. The molecule has 0 aliphatic carbocycles. The van der Waals surface area contributed by atoms with E-state index in [4.69, 9.17) is 15.9 Å². The van der Waals surface area contributed by atoms with Crippen molar-refractivity contribution in [3.63, 3.8) is 0 Å². The lowest BCUT2D eigenvalue weighted by Gasteiger charge is -2.18. The van der Waals surface area contributed by atoms with Crippen LogP contribution in [0.5, 0.6) is 0 Å². The number of nitrogens with two attached hydrogens (primary N) is 1. The number of aromatic carboxylic acids is 2. The van der Waals surface area contributed by atoms with Gasteiger partial charge in [0.2, 0.25) is 0 Å². The lowest BCUT2D eigenvalue weighted by atomic mass is 10.1. The SMILES string of the molecule is NCCNC(c1cccc(C(=O)O)n1)c1cccc(C(=O)O)n1. The van der Waals surface area contributed by atoms with E-state index in [0.717, 1.165) is 0 Å². The van der Waals surface area contributed by atoms with Gasteiger partial charge in [0.25, 0.3) is 0 Å². The molecule has 0 bridgehead atoms. The Morgan fingerprint density at radius 1 is 1.00 bits per heavy atom. The van der Waals surface area contributed by atoms with Crippen molar-refractivity contribution < 1.29 is 19.8 Å². The molecule has 0 amide bonds. The van der Waals surface area contributed by atoms with Gasteiger partial charge in [-0.3, -0.25) is 0 Å². The Kier molecular flexibility index (Phi) is 5.34. The molecule has 0 atom stereocenters. The Hall–Kier alpha value is -2.84. The van der Waals surface area contributed by atoms with Crippen LogP contribution in [-0.2, 0) is 0 Å². The van der Waals surface area contributed by atoms with Crippen molar-refractivity contribution >= 4 is 11.9 Å². The van der Waals surface area contributed by atoms with Gasteiger partial charge in [0.1, 0.15) is 11.4 Å². The summed E-state index contributed by atoms with van der Waals surface area (Å²) in [6.07, 6.45) is 0. The Morgan fingerprint density at radius 3 is 1.87 bits per heavy atom. The fraction of sp³-hybridized carbons (Fsp3) is 0.200. The number of carboxylic acid groups (broad SMARTS) is 2. The molecule has 0 saturated carbocycles. The van der Waals surface area contributed by atoms with E-state index < -0.39 is 18.0 Å². The minimum atomic E-state index is -1.14. The molecule has 0 radical (unpaired) electrons. The van der Waals surface area contributed by atoms with Crippen LogP contribution in [0.4, 0.5) is 0 Å². The lowest BCUT2D eigenvalue weighted by Crippen LogP contribution is -2.29. The Morgan fingerprint density at radius 2 is 1.48 bits per heavy atom. The smallest absolute Gasteiger partial charge is 0.354 e. The minimum absolute atomic E-state index is 0.101. The zero-order valence-electron chi connectivity index (χ0n) is 12.1. The summed E-state index contributed by atoms with van der Waals surface area (Å²) in [5.41, 5.74) is 6.15. The van der Waals surface area contributed by atoms with Gasteiger partial charge in [-0.25, -0.2) is 19.6 Å². The molecule has 0 aliphatic rings. The Labute approximate surface area is 132 Å². The van der Waals surface area contributed by atoms with E-state index in [-0.39, 0.29) is 11.4 Å². The molecule has 2 heterocycles. The van der Waals surface area contributed by atoms with Crippen molar-refractivity contribution in [2.45, 2.75) is 6.04 Å². The van der Waals surface area contributed by atoms with E-state index in [1.165, 1.54) is 12.1 Å². The van der Waals surface area contributed by atoms with Crippen molar-refractivity contribution in [3.8, 4) is 0 Å². The molecule has 5 N–H and O–H groups in total. The normalized spacial score (nSPS) is 10.7. The van der Waals surface area contributed by atoms with Crippen molar-refractivity contribution in [2.24, 2.45) is 5.73 Å². The molecule has 0 unspecified atom stereocenters. The predicted octanol–water partition coefficient (Wildman–Crippen LogP) is 0.511. The standard InChI is InChI=1S/C15H16N4O4/c16-7-8-17-13(9-3-1-5-11(18-9)14(20)21)10-4-2-6-12(19-10)15(22)23/h1-6,13,17H,7-8,16H2,(H,20,21)(H,22,23). The van der Waals surface area contributed by atoms with Crippen LogP contribution in [0.2, 0.25) is 0 Å². The molecule has 0 saturated heterocycles. The van der Waals surface area contributed by atoms with E-state index in [0.29, 0.717) is 24.5 Å². The van der Waals surface area contributed by atoms with Crippen LogP contribution >= 0.6 is 0 Å². The summed E-state index contributed by atoms with van der Waals surface area (Å²) >= 11 is 0. The summed E-state index contributed by atoms with van der Waals surface area (Å²) in [6.45, 7) is 0.788. The highest BCUT2D eigenvalue weighted by molar-refractivity contribution is 5.85. The van der Waals surface area contributed by atoms with Crippen LogP contribution in [0, 0.1) is 0 Å². The van der Waals surface area contributed by atoms with Crippen molar-refractivity contribution in [1.82, 2.24) is 15.3 Å². The maximum absolute atomic E-state index is 11.1. The van der Waals surface area contributed by atoms with Crippen LogP contribution in [-0.4, -0.2) is 45.2 Å². The number of nitrogens with zero attached hydrogens (tertiary/aromatic N) is 2. The first-order valence-corrected chi connectivity index (χ1v) is 6.87. The van der Waals surface area contributed by atoms with Crippen LogP contribution in [0.1, 0.15) is 38.4 Å². The van der Waals surface area contributed by atoms with E-state index in [2.05, 4.69) is 15.3 Å². The number of nitrogens with one attached hydrogen (secondary N) is 1. The van der Waals surface area contributed by atoms with E-state index in [9.17, 15) is 9.59 Å². The summed E-state index contributed by atoms with van der Waals surface area (Å²) in [4.78, 5) is 30.3. The summed E-state index contributed by atoms with van der Waals surface area (Å²) in [5.74, 6) is -2.28. The minimum Gasteiger partial charge on any atom is -0.477 e. The van der Waals surface area contributed by atoms with Gasteiger partial charge < -0.3 is 21.3 Å². The van der Waals surface area contributed by atoms with Gasteiger partial charge in [-0.15, -0.1) is 0 Å². The fourth-order valence-corrected chi connectivity index (χ4v) is 2.05. The molecule has 8 heteroatoms. The maximum Gasteiger partial charge on any atom is 0.354 e. The number of carboxylic acids is 2. The quantitative estimate of drug-likeness (QED) is 0.579. The first-order chi connectivity index (χ1) is 11.0. The zero-order valence-corrected chi connectivity index (χ0v) is 12.1. The number of hydrogen-bond donors (Lipinski definition) is 4. The topological polar surface area (TPSA) is 138 Å². The third-order valence-corrected chi connectivity index (χ3v) is 3.06. The Balaban J connectivity index is 2.44. The zero-order chi connectivity index (χ0) is 16.8. The second-order valence-electron chi connectivity index (χ2n) is 4.68. The maximum atomic E-state index is 11.1. The van der Waals surface area contributed by atoms with Gasteiger partial charge in [0.05, 0.1) is 17.4 Å². The second kappa shape index (κ2) is 7.43. The molecule has 2 aromatic rings. The monoisotopic (exact) mass is 316 g/mol. The van der Waals surface area contributed by atoms with Gasteiger partial charge in [-0.05, 0) is 24.3 Å². The van der Waals surface area contributed by atoms with Gasteiger partial charge in [-0.2, -0.15) is 0 Å². The molecule has 0 aliphatic heterocycles. The number of hydrogen-bond acceptors (Lipinski definition) is 6. The van der Waals surface area contributed by atoms with Crippen LogP contribution in [0.25, 0.3) is 0 Å². The molecule has 2 rings (SSSR count). The van der Waals surface area contributed by atoms with Gasteiger partial charge in [0, 0.05) is 13.1 Å². The predicted molar refractivity (Wildman–Crippen MR) is 81.3 cm³/mol. The molecule has 2 aromatic heterocycles. The average molecular weight is 316 g/mol. The summed E-state index contributed by atoms with van der Waals surface area (Å²) in [7, 11) is 0. The lowest BCUT2D eigenvalue weighted by molar-refractivity contribution is 0.0680. The number of pyridine rings is 2. The summed E-state index contributed by atoms with van der Waals surface area (Å²) in [6, 6.07) is 8.65.